The number of hydrogen-bond donors (Lipinski definition) is 1. The lowest BCUT2D eigenvalue weighted by Crippen LogP contribution is -2.57. The molecule has 1 aromatic heterocycles. The third-order valence-corrected chi connectivity index (χ3v) is 3.28. The Morgan fingerprint density at radius 2 is 2.05 bits per heavy atom. The number of pyridine rings is 1. The fraction of sp³-hybridized carbons (Fsp3) is 0.500. The number of hydrogen-bond acceptors (Lipinski definition) is 3. The standard InChI is InChI=1S/C14H19FN2O3/c1-5-14(13(19)20,17(9(2)3)10(4)18)12-7-6-11(15)8-16-12/h6-9H,5H2,1-4H3,(H,19,20). The largest absolute Gasteiger partial charge is 0.479 e. The molecule has 1 N–H and O–H groups in total. The molecule has 0 aliphatic rings. The molecule has 1 heterocycles. The number of carboxylic acids is 1. The first kappa shape index (κ1) is 16.1. The fourth-order valence-electron chi connectivity index (χ4n) is 2.53. The van der Waals surface area contributed by atoms with Crippen LogP contribution in [0.1, 0.15) is 39.8 Å². The van der Waals surface area contributed by atoms with Gasteiger partial charge in [0, 0.05) is 13.0 Å². The Morgan fingerprint density at radius 3 is 2.35 bits per heavy atom. The van der Waals surface area contributed by atoms with Gasteiger partial charge in [0.15, 0.2) is 5.54 Å². The fourth-order valence-corrected chi connectivity index (χ4v) is 2.53. The molecule has 1 amide bonds. The number of carbonyl (C=O) groups excluding carboxylic acids is 1. The Hall–Kier alpha value is -1.98. The Bertz CT molecular complexity index is 502. The van der Waals surface area contributed by atoms with Crippen molar-refractivity contribution in [3.05, 3.63) is 29.8 Å². The van der Waals surface area contributed by atoms with E-state index in [4.69, 9.17) is 0 Å². The molecule has 0 aromatic carbocycles. The van der Waals surface area contributed by atoms with Gasteiger partial charge in [-0.05, 0) is 32.4 Å². The van der Waals surface area contributed by atoms with E-state index in [0.717, 1.165) is 12.3 Å². The molecule has 0 bridgehead atoms. The summed E-state index contributed by atoms with van der Waals surface area (Å²) < 4.78 is 13.0. The molecule has 0 spiro atoms. The van der Waals surface area contributed by atoms with Crippen molar-refractivity contribution in [2.45, 2.75) is 45.7 Å². The maximum Gasteiger partial charge on any atom is 0.335 e. The zero-order chi connectivity index (χ0) is 15.5. The van der Waals surface area contributed by atoms with Gasteiger partial charge >= 0.3 is 5.97 Å². The molecule has 5 nitrogen and oxygen atoms in total. The van der Waals surface area contributed by atoms with Gasteiger partial charge in [0.25, 0.3) is 0 Å². The third-order valence-electron chi connectivity index (χ3n) is 3.28. The maximum absolute atomic E-state index is 13.0. The smallest absolute Gasteiger partial charge is 0.335 e. The van der Waals surface area contributed by atoms with Crippen molar-refractivity contribution in [3.8, 4) is 0 Å². The van der Waals surface area contributed by atoms with E-state index in [1.807, 2.05) is 0 Å². The number of carbonyl (C=O) groups is 2. The average molecular weight is 282 g/mol. The minimum absolute atomic E-state index is 0.138. The van der Waals surface area contributed by atoms with Crippen LogP contribution in [0.3, 0.4) is 0 Å². The molecular formula is C14H19FN2O3. The average Bonchev–Trinajstić information content (AvgIpc) is 2.35. The van der Waals surface area contributed by atoms with Crippen molar-refractivity contribution in [1.29, 1.82) is 0 Å². The second-order valence-corrected chi connectivity index (χ2v) is 4.86. The van der Waals surface area contributed by atoms with Crippen LogP contribution in [0.25, 0.3) is 0 Å². The van der Waals surface area contributed by atoms with E-state index in [1.165, 1.54) is 17.9 Å². The van der Waals surface area contributed by atoms with E-state index in [2.05, 4.69) is 4.98 Å². The number of aliphatic carboxylic acids is 1. The van der Waals surface area contributed by atoms with Crippen molar-refractivity contribution < 1.29 is 19.1 Å². The molecule has 0 saturated heterocycles. The lowest BCUT2D eigenvalue weighted by molar-refractivity contribution is -0.162. The molecule has 1 unspecified atom stereocenters. The molecule has 1 atom stereocenters. The molecule has 0 aliphatic carbocycles. The second-order valence-electron chi connectivity index (χ2n) is 4.86. The topological polar surface area (TPSA) is 70.5 Å². The predicted octanol–water partition coefficient (Wildman–Crippen LogP) is 2.17. The van der Waals surface area contributed by atoms with Gasteiger partial charge in [-0.1, -0.05) is 6.92 Å². The highest BCUT2D eigenvalue weighted by Crippen LogP contribution is 2.33. The van der Waals surface area contributed by atoms with E-state index < -0.39 is 17.3 Å². The lowest BCUT2D eigenvalue weighted by Gasteiger charge is -2.41. The molecule has 20 heavy (non-hydrogen) atoms. The van der Waals surface area contributed by atoms with Crippen LogP contribution in [0, 0.1) is 5.82 Å². The Labute approximate surface area is 117 Å². The number of carboxylic acid groups (broad SMARTS) is 1. The summed E-state index contributed by atoms with van der Waals surface area (Å²) in [6.45, 7) is 6.45. The minimum Gasteiger partial charge on any atom is -0.479 e. The first-order valence-corrected chi connectivity index (χ1v) is 6.42. The monoisotopic (exact) mass is 282 g/mol. The van der Waals surface area contributed by atoms with Crippen LogP contribution in [0.2, 0.25) is 0 Å². The molecule has 6 heteroatoms. The summed E-state index contributed by atoms with van der Waals surface area (Å²) in [4.78, 5) is 28.9. The van der Waals surface area contributed by atoms with E-state index in [9.17, 15) is 19.1 Å². The zero-order valence-corrected chi connectivity index (χ0v) is 12.1. The Balaban J connectivity index is 3.53. The van der Waals surface area contributed by atoms with Gasteiger partial charge < -0.3 is 10.0 Å². The second kappa shape index (κ2) is 5.98. The van der Waals surface area contributed by atoms with Crippen LogP contribution < -0.4 is 0 Å². The van der Waals surface area contributed by atoms with Gasteiger partial charge in [0.1, 0.15) is 5.82 Å². The molecular weight excluding hydrogens is 263 g/mol. The van der Waals surface area contributed by atoms with E-state index in [0.29, 0.717) is 0 Å². The zero-order valence-electron chi connectivity index (χ0n) is 12.1. The van der Waals surface area contributed by atoms with Crippen molar-refractivity contribution in [3.63, 3.8) is 0 Å². The molecule has 110 valence electrons. The predicted molar refractivity (Wildman–Crippen MR) is 71.5 cm³/mol. The third kappa shape index (κ3) is 2.64. The van der Waals surface area contributed by atoms with Gasteiger partial charge in [-0.15, -0.1) is 0 Å². The van der Waals surface area contributed by atoms with Crippen molar-refractivity contribution in [2.75, 3.05) is 0 Å². The van der Waals surface area contributed by atoms with E-state index in [-0.39, 0.29) is 24.1 Å². The highest BCUT2D eigenvalue weighted by atomic mass is 19.1. The van der Waals surface area contributed by atoms with Crippen molar-refractivity contribution in [1.82, 2.24) is 9.88 Å². The number of amides is 1. The number of rotatable bonds is 5. The summed E-state index contributed by atoms with van der Waals surface area (Å²) in [5.74, 6) is -2.10. The summed E-state index contributed by atoms with van der Waals surface area (Å²) in [7, 11) is 0. The lowest BCUT2D eigenvalue weighted by atomic mass is 9.87. The first-order chi connectivity index (χ1) is 9.27. The SMILES string of the molecule is CCC(C(=O)O)(c1ccc(F)cn1)N(C(C)=O)C(C)C. The number of aromatic nitrogens is 1. The molecule has 0 fully saturated rings. The van der Waals surface area contributed by atoms with Crippen LogP contribution in [0.15, 0.2) is 18.3 Å². The van der Waals surface area contributed by atoms with E-state index in [1.54, 1.807) is 20.8 Å². The highest BCUT2D eigenvalue weighted by molar-refractivity contribution is 5.87. The normalized spacial score (nSPS) is 13.9. The van der Waals surface area contributed by atoms with Crippen LogP contribution in [-0.2, 0) is 15.1 Å². The molecule has 1 aromatic rings. The summed E-state index contributed by atoms with van der Waals surface area (Å²) in [5, 5.41) is 9.69. The molecule has 0 saturated carbocycles. The first-order valence-electron chi connectivity index (χ1n) is 6.42. The molecule has 0 aliphatic heterocycles. The summed E-state index contributed by atoms with van der Waals surface area (Å²) >= 11 is 0. The molecule has 1 rings (SSSR count). The van der Waals surface area contributed by atoms with Crippen molar-refractivity contribution >= 4 is 11.9 Å². The van der Waals surface area contributed by atoms with Crippen LogP contribution in [0.5, 0.6) is 0 Å². The number of nitrogens with zero attached hydrogens (tertiary/aromatic N) is 2. The van der Waals surface area contributed by atoms with Gasteiger partial charge in [-0.25, -0.2) is 9.18 Å². The van der Waals surface area contributed by atoms with Crippen LogP contribution >= 0.6 is 0 Å². The van der Waals surface area contributed by atoms with Gasteiger partial charge in [-0.2, -0.15) is 0 Å². The summed E-state index contributed by atoms with van der Waals surface area (Å²) in [6.07, 6.45) is 1.10. The minimum atomic E-state index is -1.59. The number of halogens is 1. The maximum atomic E-state index is 13.0. The Kier molecular flexibility index (Phi) is 4.81. The Morgan fingerprint density at radius 1 is 1.45 bits per heavy atom. The quantitative estimate of drug-likeness (QED) is 0.898. The summed E-state index contributed by atoms with van der Waals surface area (Å²) in [6, 6.07) is 2.13. The summed E-state index contributed by atoms with van der Waals surface area (Å²) in [5.41, 5.74) is -1.44. The molecule has 0 radical (unpaired) electrons. The van der Waals surface area contributed by atoms with E-state index >= 15 is 0 Å². The van der Waals surface area contributed by atoms with Crippen molar-refractivity contribution in [2.24, 2.45) is 0 Å². The van der Waals surface area contributed by atoms with Gasteiger partial charge in [0.05, 0.1) is 11.9 Å². The van der Waals surface area contributed by atoms with Gasteiger partial charge in [0.2, 0.25) is 5.91 Å². The van der Waals surface area contributed by atoms with Gasteiger partial charge in [-0.3, -0.25) is 9.78 Å². The highest BCUT2D eigenvalue weighted by Gasteiger charge is 2.48. The van der Waals surface area contributed by atoms with Crippen LogP contribution in [0.4, 0.5) is 4.39 Å². The van der Waals surface area contributed by atoms with Crippen LogP contribution in [-0.4, -0.2) is 32.9 Å².